The SMILES string of the molecule is Cc1ccc(C(=O)Oc2cccc(NC(=O)C3CC(=O)N(c4ccccc4)C3)c2)cc1. The second-order valence-corrected chi connectivity index (χ2v) is 7.51. The quantitative estimate of drug-likeness (QED) is 0.501. The third-order valence-corrected chi connectivity index (χ3v) is 5.16. The third-order valence-electron chi connectivity index (χ3n) is 5.16. The summed E-state index contributed by atoms with van der Waals surface area (Å²) >= 11 is 0. The van der Waals surface area contributed by atoms with Crippen molar-refractivity contribution in [3.8, 4) is 5.75 Å². The number of anilines is 2. The molecule has 1 unspecified atom stereocenters. The fourth-order valence-corrected chi connectivity index (χ4v) is 3.48. The highest BCUT2D eigenvalue weighted by molar-refractivity contribution is 6.03. The van der Waals surface area contributed by atoms with Crippen molar-refractivity contribution in [1.29, 1.82) is 0 Å². The van der Waals surface area contributed by atoms with Crippen LogP contribution >= 0.6 is 0 Å². The standard InChI is InChI=1S/C25H22N2O4/c1-17-10-12-18(13-11-17)25(30)31-22-9-5-6-20(15-22)26-24(29)19-14-23(28)27(16-19)21-7-3-2-4-8-21/h2-13,15,19H,14,16H2,1H3,(H,26,29). The van der Waals surface area contributed by atoms with E-state index in [9.17, 15) is 14.4 Å². The van der Waals surface area contributed by atoms with Crippen LogP contribution in [0.4, 0.5) is 11.4 Å². The Hall–Kier alpha value is -3.93. The molecule has 0 saturated carbocycles. The van der Waals surface area contributed by atoms with Crippen molar-refractivity contribution in [3.63, 3.8) is 0 Å². The van der Waals surface area contributed by atoms with E-state index in [-0.39, 0.29) is 18.2 Å². The number of esters is 1. The van der Waals surface area contributed by atoms with E-state index in [0.717, 1.165) is 11.3 Å². The molecule has 156 valence electrons. The molecule has 6 nitrogen and oxygen atoms in total. The lowest BCUT2D eigenvalue weighted by atomic mass is 10.1. The summed E-state index contributed by atoms with van der Waals surface area (Å²) in [5.41, 5.74) is 2.79. The minimum absolute atomic E-state index is 0.0767. The number of nitrogens with zero attached hydrogens (tertiary/aromatic N) is 1. The fourth-order valence-electron chi connectivity index (χ4n) is 3.48. The predicted octanol–water partition coefficient (Wildman–Crippen LogP) is 4.21. The topological polar surface area (TPSA) is 75.7 Å². The van der Waals surface area contributed by atoms with E-state index < -0.39 is 11.9 Å². The molecule has 0 bridgehead atoms. The van der Waals surface area contributed by atoms with Gasteiger partial charge in [0.1, 0.15) is 5.75 Å². The molecule has 1 N–H and O–H groups in total. The van der Waals surface area contributed by atoms with Gasteiger partial charge in [-0.1, -0.05) is 42.0 Å². The molecule has 1 saturated heterocycles. The molecule has 0 radical (unpaired) electrons. The number of nitrogens with one attached hydrogen (secondary N) is 1. The number of aryl methyl sites for hydroxylation is 1. The zero-order valence-corrected chi connectivity index (χ0v) is 17.1. The molecule has 2 amide bonds. The van der Waals surface area contributed by atoms with Crippen molar-refractivity contribution in [2.75, 3.05) is 16.8 Å². The summed E-state index contributed by atoms with van der Waals surface area (Å²) in [7, 11) is 0. The Kier molecular flexibility index (Phi) is 5.80. The predicted molar refractivity (Wildman–Crippen MR) is 118 cm³/mol. The number of benzene rings is 3. The molecule has 3 aromatic carbocycles. The van der Waals surface area contributed by atoms with E-state index in [1.165, 1.54) is 0 Å². The first-order valence-corrected chi connectivity index (χ1v) is 10.0. The van der Waals surface area contributed by atoms with Gasteiger partial charge in [-0.05, 0) is 43.3 Å². The van der Waals surface area contributed by atoms with Gasteiger partial charge in [0.2, 0.25) is 11.8 Å². The van der Waals surface area contributed by atoms with E-state index in [1.54, 1.807) is 41.3 Å². The molecular weight excluding hydrogens is 392 g/mol. The van der Waals surface area contributed by atoms with Gasteiger partial charge in [0.05, 0.1) is 11.5 Å². The Morgan fingerprint density at radius 2 is 1.71 bits per heavy atom. The van der Waals surface area contributed by atoms with Gasteiger partial charge in [-0.15, -0.1) is 0 Å². The first-order valence-electron chi connectivity index (χ1n) is 10.0. The summed E-state index contributed by atoms with van der Waals surface area (Å²) in [5, 5.41) is 2.83. The van der Waals surface area contributed by atoms with Crippen molar-refractivity contribution in [2.24, 2.45) is 5.92 Å². The molecule has 6 heteroatoms. The number of rotatable bonds is 5. The van der Waals surface area contributed by atoms with Gasteiger partial charge in [-0.25, -0.2) is 4.79 Å². The maximum absolute atomic E-state index is 12.7. The Morgan fingerprint density at radius 3 is 2.45 bits per heavy atom. The smallest absolute Gasteiger partial charge is 0.343 e. The normalized spacial score (nSPS) is 15.6. The van der Waals surface area contributed by atoms with Crippen molar-refractivity contribution < 1.29 is 19.1 Å². The third kappa shape index (κ3) is 4.80. The molecule has 0 aliphatic carbocycles. The Balaban J connectivity index is 1.39. The van der Waals surface area contributed by atoms with Crippen LogP contribution in [-0.4, -0.2) is 24.3 Å². The molecule has 0 spiro atoms. The number of ether oxygens (including phenoxy) is 1. The van der Waals surface area contributed by atoms with Crippen LogP contribution < -0.4 is 15.0 Å². The molecule has 3 aromatic rings. The lowest BCUT2D eigenvalue weighted by Gasteiger charge is -2.16. The molecule has 1 fully saturated rings. The van der Waals surface area contributed by atoms with Gasteiger partial charge < -0.3 is 15.0 Å². The zero-order valence-electron chi connectivity index (χ0n) is 17.1. The molecule has 31 heavy (non-hydrogen) atoms. The number of carbonyl (C=O) groups excluding carboxylic acids is 3. The van der Waals surface area contributed by atoms with E-state index >= 15 is 0 Å². The lowest BCUT2D eigenvalue weighted by Crippen LogP contribution is -2.28. The van der Waals surface area contributed by atoms with Crippen molar-refractivity contribution in [3.05, 3.63) is 90.0 Å². The highest BCUT2D eigenvalue weighted by Gasteiger charge is 2.35. The van der Waals surface area contributed by atoms with Gasteiger partial charge >= 0.3 is 5.97 Å². The number of para-hydroxylation sites is 1. The summed E-state index contributed by atoms with van der Waals surface area (Å²) < 4.78 is 5.43. The number of hydrogen-bond donors (Lipinski definition) is 1. The van der Waals surface area contributed by atoms with E-state index in [0.29, 0.717) is 23.5 Å². The van der Waals surface area contributed by atoms with Gasteiger partial charge in [0.25, 0.3) is 0 Å². The van der Waals surface area contributed by atoms with Gasteiger partial charge in [-0.3, -0.25) is 9.59 Å². The Bertz CT molecular complexity index is 1110. The van der Waals surface area contributed by atoms with Crippen LogP contribution in [0, 0.1) is 12.8 Å². The Labute approximate surface area is 180 Å². The summed E-state index contributed by atoms with van der Waals surface area (Å²) in [4.78, 5) is 39.0. The molecular formula is C25H22N2O4. The average molecular weight is 414 g/mol. The lowest BCUT2D eigenvalue weighted by molar-refractivity contribution is -0.122. The molecule has 1 heterocycles. The van der Waals surface area contributed by atoms with Crippen molar-refractivity contribution in [1.82, 2.24) is 0 Å². The van der Waals surface area contributed by atoms with Gasteiger partial charge in [-0.2, -0.15) is 0 Å². The number of amides is 2. The minimum atomic E-state index is -0.469. The highest BCUT2D eigenvalue weighted by Crippen LogP contribution is 2.26. The second kappa shape index (κ2) is 8.83. The molecule has 1 aliphatic rings. The van der Waals surface area contributed by atoms with Crippen molar-refractivity contribution in [2.45, 2.75) is 13.3 Å². The van der Waals surface area contributed by atoms with Crippen LogP contribution in [-0.2, 0) is 9.59 Å². The highest BCUT2D eigenvalue weighted by atomic mass is 16.5. The maximum Gasteiger partial charge on any atom is 0.343 e. The molecule has 1 atom stereocenters. The minimum Gasteiger partial charge on any atom is -0.423 e. The van der Waals surface area contributed by atoms with Gasteiger partial charge in [0.15, 0.2) is 0 Å². The summed E-state index contributed by atoms with van der Waals surface area (Å²) in [5.74, 6) is -0.910. The largest absolute Gasteiger partial charge is 0.423 e. The van der Waals surface area contributed by atoms with Crippen LogP contribution in [0.25, 0.3) is 0 Å². The second-order valence-electron chi connectivity index (χ2n) is 7.51. The summed E-state index contributed by atoms with van der Waals surface area (Å²) in [6.07, 6.45) is 0.156. The van der Waals surface area contributed by atoms with Crippen LogP contribution in [0.1, 0.15) is 22.3 Å². The van der Waals surface area contributed by atoms with Crippen LogP contribution in [0.2, 0.25) is 0 Å². The van der Waals surface area contributed by atoms with Crippen LogP contribution in [0.5, 0.6) is 5.75 Å². The fraction of sp³-hybridized carbons (Fsp3) is 0.160. The number of carbonyl (C=O) groups is 3. The van der Waals surface area contributed by atoms with Gasteiger partial charge in [0, 0.05) is 30.4 Å². The first kappa shape index (κ1) is 20.3. The molecule has 1 aliphatic heterocycles. The molecule has 4 rings (SSSR count). The van der Waals surface area contributed by atoms with Crippen molar-refractivity contribution >= 4 is 29.2 Å². The van der Waals surface area contributed by atoms with Crippen LogP contribution in [0.3, 0.4) is 0 Å². The number of hydrogen-bond acceptors (Lipinski definition) is 4. The maximum atomic E-state index is 12.7. The first-order chi connectivity index (χ1) is 15.0. The van der Waals surface area contributed by atoms with E-state index in [2.05, 4.69) is 5.32 Å². The monoisotopic (exact) mass is 414 g/mol. The van der Waals surface area contributed by atoms with E-state index in [4.69, 9.17) is 4.74 Å². The van der Waals surface area contributed by atoms with Crippen LogP contribution in [0.15, 0.2) is 78.9 Å². The average Bonchev–Trinajstić information content (AvgIpc) is 3.17. The van der Waals surface area contributed by atoms with E-state index in [1.807, 2.05) is 49.4 Å². The summed E-state index contributed by atoms with van der Waals surface area (Å²) in [6, 6.07) is 23.1. The Morgan fingerprint density at radius 1 is 0.968 bits per heavy atom. The summed E-state index contributed by atoms with van der Waals surface area (Å²) in [6.45, 7) is 2.27. The molecule has 0 aromatic heterocycles. The zero-order chi connectivity index (χ0) is 21.8.